The minimum Gasteiger partial charge on any atom is -0.494 e. The molecule has 0 unspecified atom stereocenters. The summed E-state index contributed by atoms with van der Waals surface area (Å²) in [5.41, 5.74) is -0.148. The molecular weight excluding hydrogens is 422 g/mol. The summed E-state index contributed by atoms with van der Waals surface area (Å²) in [4.78, 5) is 38.7. The number of nitrogens with one attached hydrogen (secondary N) is 2. The van der Waals surface area contributed by atoms with Crippen molar-refractivity contribution in [2.24, 2.45) is 0 Å². The van der Waals surface area contributed by atoms with Gasteiger partial charge in [0.2, 0.25) is 5.91 Å². The van der Waals surface area contributed by atoms with Crippen LogP contribution in [0.2, 0.25) is 0 Å². The second kappa shape index (κ2) is 9.94. The van der Waals surface area contributed by atoms with Crippen molar-refractivity contribution in [1.29, 1.82) is 0 Å². The van der Waals surface area contributed by atoms with E-state index in [1.165, 1.54) is 4.90 Å². The number of rotatable bonds is 8. The van der Waals surface area contributed by atoms with Crippen LogP contribution in [0.5, 0.6) is 17.2 Å². The van der Waals surface area contributed by atoms with Gasteiger partial charge in [0.15, 0.2) is 0 Å². The summed E-state index contributed by atoms with van der Waals surface area (Å²) in [6.07, 6.45) is 4.32. The van der Waals surface area contributed by atoms with Crippen molar-refractivity contribution in [3.05, 3.63) is 48.5 Å². The molecule has 1 saturated carbocycles. The third kappa shape index (κ3) is 5.27. The maximum atomic E-state index is 12.8. The van der Waals surface area contributed by atoms with Crippen molar-refractivity contribution in [2.75, 3.05) is 18.5 Å². The van der Waals surface area contributed by atoms with Crippen LogP contribution in [-0.2, 0) is 9.59 Å². The lowest BCUT2D eigenvalue weighted by Gasteiger charge is -2.30. The number of hydrogen-bond donors (Lipinski definition) is 2. The average Bonchev–Trinajstić information content (AvgIpc) is 3.04. The number of benzene rings is 2. The molecule has 8 nitrogen and oxygen atoms in total. The number of nitrogens with zero attached hydrogens (tertiary/aromatic N) is 1. The van der Waals surface area contributed by atoms with Crippen LogP contribution in [0.15, 0.2) is 48.5 Å². The van der Waals surface area contributed by atoms with Crippen LogP contribution in [0.4, 0.5) is 10.5 Å². The van der Waals surface area contributed by atoms with Crippen molar-refractivity contribution in [3.8, 4) is 17.2 Å². The van der Waals surface area contributed by atoms with E-state index in [4.69, 9.17) is 9.47 Å². The molecule has 0 aromatic heterocycles. The summed E-state index contributed by atoms with van der Waals surface area (Å²) < 4.78 is 11.2. The second-order valence-electron chi connectivity index (χ2n) is 8.36. The van der Waals surface area contributed by atoms with Gasteiger partial charge in [-0.2, -0.15) is 0 Å². The van der Waals surface area contributed by atoms with Gasteiger partial charge in [-0.15, -0.1) is 0 Å². The predicted molar refractivity (Wildman–Crippen MR) is 123 cm³/mol. The highest BCUT2D eigenvalue weighted by molar-refractivity contribution is 6.07. The number of carbonyl (C=O) groups is 3. The van der Waals surface area contributed by atoms with Crippen LogP contribution in [0.3, 0.4) is 0 Å². The molecular formula is C25H29N3O5. The Balaban J connectivity index is 1.26. The van der Waals surface area contributed by atoms with Gasteiger partial charge in [0.25, 0.3) is 5.91 Å². The fraction of sp³-hybridized carbons (Fsp3) is 0.400. The van der Waals surface area contributed by atoms with Crippen molar-refractivity contribution < 1.29 is 23.9 Å². The zero-order valence-corrected chi connectivity index (χ0v) is 18.8. The van der Waals surface area contributed by atoms with Crippen LogP contribution in [0, 0.1) is 0 Å². The van der Waals surface area contributed by atoms with E-state index in [0.29, 0.717) is 36.6 Å². The largest absolute Gasteiger partial charge is 0.494 e. The lowest BCUT2D eigenvalue weighted by Crippen LogP contribution is -2.48. The molecule has 1 aliphatic heterocycles. The average molecular weight is 452 g/mol. The standard InChI is InChI=1S/C25H29N3O5/c1-2-32-19-10-12-21(13-11-19)33-20-8-6-18(7-9-20)26-22(29)14-17-28-23(30)25(27-24(28)31)15-4-3-5-16-25/h6-13H,2-5,14-17H2,1H3,(H,26,29)(H,27,31). The smallest absolute Gasteiger partial charge is 0.325 e. The molecule has 33 heavy (non-hydrogen) atoms. The molecule has 0 radical (unpaired) electrons. The van der Waals surface area contributed by atoms with Crippen LogP contribution in [0.25, 0.3) is 0 Å². The quantitative estimate of drug-likeness (QED) is 0.578. The lowest BCUT2D eigenvalue weighted by atomic mass is 9.82. The van der Waals surface area contributed by atoms with Gasteiger partial charge in [-0.1, -0.05) is 19.3 Å². The number of ether oxygens (including phenoxy) is 2. The van der Waals surface area contributed by atoms with Gasteiger partial charge in [-0.3, -0.25) is 14.5 Å². The van der Waals surface area contributed by atoms with Gasteiger partial charge < -0.3 is 20.1 Å². The molecule has 0 bridgehead atoms. The molecule has 1 spiro atoms. The summed E-state index contributed by atoms with van der Waals surface area (Å²) >= 11 is 0. The first-order chi connectivity index (χ1) is 16.0. The molecule has 2 aliphatic rings. The first-order valence-corrected chi connectivity index (χ1v) is 11.4. The number of anilines is 1. The summed E-state index contributed by atoms with van der Waals surface area (Å²) in [5, 5.41) is 5.66. The summed E-state index contributed by atoms with van der Waals surface area (Å²) in [5.74, 6) is 1.63. The highest BCUT2D eigenvalue weighted by Gasteiger charge is 2.51. The van der Waals surface area contributed by atoms with Gasteiger partial charge in [-0.25, -0.2) is 4.79 Å². The van der Waals surface area contributed by atoms with E-state index in [1.807, 2.05) is 31.2 Å². The Morgan fingerprint density at radius 3 is 2.21 bits per heavy atom. The molecule has 4 rings (SSSR count). The molecule has 8 heteroatoms. The molecule has 174 valence electrons. The van der Waals surface area contributed by atoms with Crippen LogP contribution < -0.4 is 20.1 Å². The van der Waals surface area contributed by atoms with Gasteiger partial charge in [0.1, 0.15) is 22.8 Å². The molecule has 2 aromatic carbocycles. The number of hydrogen-bond acceptors (Lipinski definition) is 5. The molecule has 2 N–H and O–H groups in total. The van der Waals surface area contributed by atoms with E-state index in [0.717, 1.165) is 25.0 Å². The Bertz CT molecular complexity index is 998. The van der Waals surface area contributed by atoms with Crippen molar-refractivity contribution >= 4 is 23.5 Å². The van der Waals surface area contributed by atoms with Crippen LogP contribution >= 0.6 is 0 Å². The van der Waals surface area contributed by atoms with Crippen LogP contribution in [-0.4, -0.2) is 41.4 Å². The molecule has 1 heterocycles. The first-order valence-electron chi connectivity index (χ1n) is 11.4. The number of urea groups is 1. The first kappa shape index (κ1) is 22.6. The molecule has 1 aliphatic carbocycles. The number of carbonyl (C=O) groups excluding carboxylic acids is 3. The van der Waals surface area contributed by atoms with Crippen molar-refractivity contribution in [1.82, 2.24) is 10.2 Å². The normalized spacial score (nSPS) is 17.1. The second-order valence-corrected chi connectivity index (χ2v) is 8.36. The van der Waals surface area contributed by atoms with Crippen LogP contribution in [0.1, 0.15) is 45.4 Å². The fourth-order valence-electron chi connectivity index (χ4n) is 4.32. The van der Waals surface area contributed by atoms with Crippen molar-refractivity contribution in [3.63, 3.8) is 0 Å². The van der Waals surface area contributed by atoms with E-state index in [-0.39, 0.29) is 24.8 Å². The zero-order chi connectivity index (χ0) is 23.3. The van der Waals surface area contributed by atoms with Gasteiger partial charge in [0, 0.05) is 18.7 Å². The van der Waals surface area contributed by atoms with E-state index in [2.05, 4.69) is 10.6 Å². The lowest BCUT2D eigenvalue weighted by molar-refractivity contribution is -0.132. The molecule has 4 amide bonds. The highest BCUT2D eigenvalue weighted by Crippen LogP contribution is 2.33. The molecule has 2 fully saturated rings. The highest BCUT2D eigenvalue weighted by atomic mass is 16.5. The number of amides is 4. The minimum atomic E-state index is -0.759. The van der Waals surface area contributed by atoms with E-state index >= 15 is 0 Å². The third-order valence-electron chi connectivity index (χ3n) is 6.02. The fourth-order valence-corrected chi connectivity index (χ4v) is 4.32. The van der Waals surface area contributed by atoms with Crippen molar-refractivity contribution in [2.45, 2.75) is 51.0 Å². The SMILES string of the molecule is CCOc1ccc(Oc2ccc(NC(=O)CCN3C(=O)NC4(CCCCC4)C3=O)cc2)cc1. The van der Waals surface area contributed by atoms with Gasteiger partial charge >= 0.3 is 6.03 Å². The topological polar surface area (TPSA) is 97.0 Å². The van der Waals surface area contributed by atoms with E-state index < -0.39 is 11.6 Å². The summed E-state index contributed by atoms with van der Waals surface area (Å²) in [6, 6.07) is 13.9. The van der Waals surface area contributed by atoms with Gasteiger partial charge in [-0.05, 0) is 68.3 Å². The van der Waals surface area contributed by atoms with E-state index in [9.17, 15) is 14.4 Å². The zero-order valence-electron chi connectivity index (χ0n) is 18.8. The Hall–Kier alpha value is -3.55. The third-order valence-corrected chi connectivity index (χ3v) is 6.02. The Morgan fingerprint density at radius 2 is 1.58 bits per heavy atom. The molecule has 2 aromatic rings. The number of imide groups is 1. The monoisotopic (exact) mass is 451 g/mol. The predicted octanol–water partition coefficient (Wildman–Crippen LogP) is 4.46. The molecule has 1 saturated heterocycles. The minimum absolute atomic E-state index is 0.0413. The maximum absolute atomic E-state index is 12.8. The summed E-state index contributed by atoms with van der Waals surface area (Å²) in [7, 11) is 0. The Morgan fingerprint density at radius 1 is 0.970 bits per heavy atom. The molecule has 0 atom stereocenters. The Kier molecular flexibility index (Phi) is 6.82. The van der Waals surface area contributed by atoms with Gasteiger partial charge in [0.05, 0.1) is 6.61 Å². The Labute approximate surface area is 193 Å². The maximum Gasteiger partial charge on any atom is 0.325 e. The summed E-state index contributed by atoms with van der Waals surface area (Å²) in [6.45, 7) is 2.60. The van der Waals surface area contributed by atoms with E-state index in [1.54, 1.807) is 24.3 Å².